The molecule has 0 bridgehead atoms. The van der Waals surface area contributed by atoms with Crippen LogP contribution in [0.25, 0.3) is 0 Å². The summed E-state index contributed by atoms with van der Waals surface area (Å²) in [5.74, 6) is -0.911. The topological polar surface area (TPSA) is 67.8 Å². The molecule has 0 radical (unpaired) electrons. The molecular formula is C11H19NO4. The smallest absolute Gasteiger partial charge is 0.332 e. The molecule has 5 nitrogen and oxygen atoms in total. The number of hydrogen-bond donors (Lipinski definition) is 2. The van der Waals surface area contributed by atoms with E-state index < -0.39 is 12.1 Å². The van der Waals surface area contributed by atoms with E-state index in [2.05, 4.69) is 5.32 Å². The first-order valence-electron chi connectivity index (χ1n) is 5.84. The average molecular weight is 229 g/mol. The van der Waals surface area contributed by atoms with Crippen LogP contribution >= 0.6 is 0 Å². The first-order chi connectivity index (χ1) is 7.61. The van der Waals surface area contributed by atoms with Crippen molar-refractivity contribution in [1.29, 1.82) is 0 Å². The molecule has 16 heavy (non-hydrogen) atoms. The molecule has 2 N–H and O–H groups in total. The molecule has 2 aliphatic heterocycles. The molecule has 2 aliphatic rings. The fourth-order valence-corrected chi connectivity index (χ4v) is 2.47. The number of hydrogen-bond acceptors (Lipinski definition) is 4. The van der Waals surface area contributed by atoms with Crippen molar-refractivity contribution in [2.75, 3.05) is 19.7 Å². The molecule has 5 heteroatoms. The molecule has 1 spiro atoms. The second-order valence-corrected chi connectivity index (χ2v) is 4.69. The van der Waals surface area contributed by atoms with Gasteiger partial charge in [-0.25, -0.2) is 4.79 Å². The predicted octanol–water partition coefficient (Wildman–Crippen LogP) is 0.387. The van der Waals surface area contributed by atoms with Crippen LogP contribution in [0.2, 0.25) is 0 Å². The van der Waals surface area contributed by atoms with Gasteiger partial charge < -0.3 is 19.9 Å². The second-order valence-electron chi connectivity index (χ2n) is 4.69. The Morgan fingerprint density at radius 3 is 2.88 bits per heavy atom. The minimum Gasteiger partial charge on any atom is -0.479 e. The Morgan fingerprint density at radius 2 is 2.25 bits per heavy atom. The first kappa shape index (κ1) is 11.8. The first-order valence-corrected chi connectivity index (χ1v) is 5.84. The number of rotatable bonds is 3. The molecule has 92 valence electrons. The highest BCUT2D eigenvalue weighted by Crippen LogP contribution is 2.35. The van der Waals surface area contributed by atoms with Crippen molar-refractivity contribution < 1.29 is 19.4 Å². The summed E-state index contributed by atoms with van der Waals surface area (Å²) in [7, 11) is 0. The number of carboxylic acids is 1. The second kappa shape index (κ2) is 4.69. The van der Waals surface area contributed by atoms with Gasteiger partial charge in [0.1, 0.15) is 0 Å². The maximum atomic E-state index is 10.7. The predicted molar refractivity (Wildman–Crippen MR) is 57.4 cm³/mol. The molecule has 0 aromatic heterocycles. The fraction of sp³-hybridized carbons (Fsp3) is 0.909. The summed E-state index contributed by atoms with van der Waals surface area (Å²) in [4.78, 5) is 10.7. The molecule has 2 rings (SSSR count). The molecular weight excluding hydrogens is 210 g/mol. The molecule has 0 aromatic carbocycles. The Hall–Kier alpha value is -0.650. The molecule has 2 fully saturated rings. The van der Waals surface area contributed by atoms with Gasteiger partial charge in [-0.3, -0.25) is 0 Å². The van der Waals surface area contributed by atoms with Gasteiger partial charge in [-0.15, -0.1) is 0 Å². The Kier molecular flexibility index (Phi) is 3.47. The molecule has 0 aliphatic carbocycles. The van der Waals surface area contributed by atoms with E-state index in [1.54, 1.807) is 6.92 Å². The summed E-state index contributed by atoms with van der Waals surface area (Å²) in [6, 6.07) is 0. The van der Waals surface area contributed by atoms with Crippen LogP contribution in [0.4, 0.5) is 0 Å². The lowest BCUT2D eigenvalue weighted by atomic mass is 9.89. The van der Waals surface area contributed by atoms with Crippen molar-refractivity contribution in [3.8, 4) is 0 Å². The number of aliphatic carboxylic acids is 1. The van der Waals surface area contributed by atoms with E-state index in [9.17, 15) is 4.79 Å². The van der Waals surface area contributed by atoms with E-state index in [4.69, 9.17) is 14.6 Å². The van der Waals surface area contributed by atoms with Gasteiger partial charge >= 0.3 is 5.97 Å². The van der Waals surface area contributed by atoms with Crippen LogP contribution in [0.15, 0.2) is 0 Å². The molecule has 2 saturated heterocycles. The van der Waals surface area contributed by atoms with Crippen molar-refractivity contribution in [3.05, 3.63) is 0 Å². The SMILES string of the molecule is CC(OC1COC2(CCNCC2)C1)C(=O)O. The molecule has 2 atom stereocenters. The molecule has 2 heterocycles. The molecule has 0 saturated carbocycles. The van der Waals surface area contributed by atoms with Gasteiger partial charge in [-0.05, 0) is 32.9 Å². The zero-order valence-corrected chi connectivity index (χ0v) is 9.57. The highest BCUT2D eigenvalue weighted by molar-refractivity contribution is 5.71. The lowest BCUT2D eigenvalue weighted by Crippen LogP contribution is -2.41. The standard InChI is InChI=1S/C11H19NO4/c1-8(10(13)14)16-9-6-11(15-7-9)2-4-12-5-3-11/h8-9,12H,2-7H2,1H3,(H,13,14). The lowest BCUT2D eigenvalue weighted by Gasteiger charge is -2.32. The van der Waals surface area contributed by atoms with Crippen molar-refractivity contribution in [3.63, 3.8) is 0 Å². The fourth-order valence-electron chi connectivity index (χ4n) is 2.47. The van der Waals surface area contributed by atoms with E-state index in [1.807, 2.05) is 0 Å². The van der Waals surface area contributed by atoms with Crippen molar-refractivity contribution in [2.45, 2.75) is 44.0 Å². The van der Waals surface area contributed by atoms with Crippen LogP contribution in [0, 0.1) is 0 Å². The van der Waals surface area contributed by atoms with Crippen molar-refractivity contribution >= 4 is 5.97 Å². The van der Waals surface area contributed by atoms with Crippen molar-refractivity contribution in [1.82, 2.24) is 5.32 Å². The lowest BCUT2D eigenvalue weighted by molar-refractivity contribution is -0.152. The van der Waals surface area contributed by atoms with Crippen LogP contribution in [-0.4, -0.2) is 48.6 Å². The molecule has 0 aromatic rings. The van der Waals surface area contributed by atoms with Gasteiger partial charge in [0.25, 0.3) is 0 Å². The van der Waals surface area contributed by atoms with Gasteiger partial charge in [0.2, 0.25) is 0 Å². The highest BCUT2D eigenvalue weighted by Gasteiger charge is 2.42. The summed E-state index contributed by atoms with van der Waals surface area (Å²) in [5.41, 5.74) is -0.0614. The van der Waals surface area contributed by atoms with E-state index in [1.165, 1.54) is 0 Å². The maximum absolute atomic E-state index is 10.7. The number of carboxylic acid groups (broad SMARTS) is 1. The summed E-state index contributed by atoms with van der Waals surface area (Å²) >= 11 is 0. The normalized spacial score (nSPS) is 30.4. The minimum atomic E-state index is -0.911. The van der Waals surface area contributed by atoms with E-state index >= 15 is 0 Å². The number of carbonyl (C=O) groups is 1. The zero-order chi connectivity index (χ0) is 11.6. The van der Waals surface area contributed by atoms with Gasteiger partial charge in [-0.1, -0.05) is 0 Å². The average Bonchev–Trinajstić information content (AvgIpc) is 2.62. The largest absolute Gasteiger partial charge is 0.479 e. The number of ether oxygens (including phenoxy) is 2. The van der Waals surface area contributed by atoms with E-state index in [0.29, 0.717) is 6.61 Å². The number of piperidine rings is 1. The number of nitrogens with one attached hydrogen (secondary N) is 1. The van der Waals surface area contributed by atoms with Gasteiger partial charge in [0.05, 0.1) is 18.3 Å². The summed E-state index contributed by atoms with van der Waals surface area (Å²) in [6.07, 6.45) is 2.00. The Morgan fingerprint density at radius 1 is 1.56 bits per heavy atom. The minimum absolute atomic E-state index is 0.0614. The van der Waals surface area contributed by atoms with Crippen LogP contribution in [0.5, 0.6) is 0 Å². The zero-order valence-electron chi connectivity index (χ0n) is 9.57. The van der Waals surface area contributed by atoms with Crippen LogP contribution in [-0.2, 0) is 14.3 Å². The third-order valence-corrected chi connectivity index (χ3v) is 3.43. The van der Waals surface area contributed by atoms with Crippen LogP contribution < -0.4 is 5.32 Å². The third-order valence-electron chi connectivity index (χ3n) is 3.43. The maximum Gasteiger partial charge on any atom is 0.332 e. The van der Waals surface area contributed by atoms with Crippen LogP contribution in [0.1, 0.15) is 26.2 Å². The van der Waals surface area contributed by atoms with Crippen LogP contribution in [0.3, 0.4) is 0 Å². The van der Waals surface area contributed by atoms with Gasteiger partial charge in [-0.2, -0.15) is 0 Å². The Labute approximate surface area is 95.1 Å². The van der Waals surface area contributed by atoms with E-state index in [-0.39, 0.29) is 11.7 Å². The van der Waals surface area contributed by atoms with Gasteiger partial charge in [0, 0.05) is 6.42 Å². The van der Waals surface area contributed by atoms with E-state index in [0.717, 1.165) is 32.4 Å². The Balaban J connectivity index is 1.85. The highest BCUT2D eigenvalue weighted by atomic mass is 16.6. The van der Waals surface area contributed by atoms with Gasteiger partial charge in [0.15, 0.2) is 6.10 Å². The molecule has 2 unspecified atom stereocenters. The monoisotopic (exact) mass is 229 g/mol. The Bertz CT molecular complexity index is 263. The summed E-state index contributed by atoms with van der Waals surface area (Å²) < 4.78 is 11.3. The molecule has 0 amide bonds. The van der Waals surface area contributed by atoms with Crippen molar-refractivity contribution in [2.24, 2.45) is 0 Å². The summed E-state index contributed by atoms with van der Waals surface area (Å²) in [6.45, 7) is 4.04. The quantitative estimate of drug-likeness (QED) is 0.732. The summed E-state index contributed by atoms with van der Waals surface area (Å²) in [5, 5.41) is 12.1. The third kappa shape index (κ3) is 2.53.